The van der Waals surface area contributed by atoms with Gasteiger partial charge in [0.05, 0.1) is 0 Å². The molecular weight excluding hydrogens is 276 g/mol. The summed E-state index contributed by atoms with van der Waals surface area (Å²) in [5.41, 5.74) is 3.80. The topological polar surface area (TPSA) is 25.8 Å². The van der Waals surface area contributed by atoms with Crippen LogP contribution in [0.2, 0.25) is 0 Å². The van der Waals surface area contributed by atoms with Gasteiger partial charge in [0.15, 0.2) is 0 Å². The van der Waals surface area contributed by atoms with Crippen LogP contribution in [0.25, 0.3) is 11.1 Å². The summed E-state index contributed by atoms with van der Waals surface area (Å²) in [6.45, 7) is 0. The van der Waals surface area contributed by atoms with E-state index in [1.165, 1.54) is 30.4 Å². The summed E-state index contributed by atoms with van der Waals surface area (Å²) in [6, 6.07) is 8.60. The summed E-state index contributed by atoms with van der Waals surface area (Å²) in [4.78, 5) is 8.33. The molecule has 0 unspecified atom stereocenters. The Balaban J connectivity index is 2.11. The third kappa shape index (κ3) is 2.00. The molecule has 0 N–H and O–H groups in total. The molecular formula is C14H13BrN2. The molecule has 3 heteroatoms. The van der Waals surface area contributed by atoms with E-state index in [2.05, 4.69) is 50.2 Å². The highest BCUT2D eigenvalue weighted by molar-refractivity contribution is 9.10. The Morgan fingerprint density at radius 3 is 2.65 bits per heavy atom. The van der Waals surface area contributed by atoms with Crippen molar-refractivity contribution in [1.82, 2.24) is 9.97 Å². The lowest BCUT2D eigenvalue weighted by Gasteiger charge is -2.28. The molecule has 1 aromatic carbocycles. The van der Waals surface area contributed by atoms with Crippen molar-refractivity contribution in [2.75, 3.05) is 0 Å². The molecule has 0 spiro atoms. The molecule has 3 rings (SSSR count). The van der Waals surface area contributed by atoms with Gasteiger partial charge < -0.3 is 0 Å². The summed E-state index contributed by atoms with van der Waals surface area (Å²) in [5.74, 6) is 0.721. The lowest BCUT2D eigenvalue weighted by molar-refractivity contribution is 0.420. The van der Waals surface area contributed by atoms with E-state index in [1.807, 2.05) is 6.20 Å². The second-order valence-electron chi connectivity index (χ2n) is 4.44. The number of halogens is 1. The first kappa shape index (κ1) is 10.9. The van der Waals surface area contributed by atoms with E-state index in [9.17, 15) is 0 Å². The van der Waals surface area contributed by atoms with Crippen LogP contribution in [0.15, 0.2) is 41.4 Å². The summed E-state index contributed by atoms with van der Waals surface area (Å²) >= 11 is 3.51. The van der Waals surface area contributed by atoms with Crippen LogP contribution in [0.1, 0.15) is 30.7 Å². The van der Waals surface area contributed by atoms with Crippen molar-refractivity contribution in [3.63, 3.8) is 0 Å². The van der Waals surface area contributed by atoms with E-state index >= 15 is 0 Å². The SMILES string of the molecule is Brc1ncncc1-c1ccccc1C1CCC1. The van der Waals surface area contributed by atoms with Gasteiger partial charge in [-0.05, 0) is 45.8 Å². The quantitative estimate of drug-likeness (QED) is 0.775. The van der Waals surface area contributed by atoms with Crippen LogP contribution in [-0.4, -0.2) is 9.97 Å². The number of nitrogens with zero attached hydrogens (tertiary/aromatic N) is 2. The number of hydrogen-bond donors (Lipinski definition) is 0. The number of rotatable bonds is 2. The van der Waals surface area contributed by atoms with Gasteiger partial charge in [-0.25, -0.2) is 9.97 Å². The Hall–Kier alpha value is -1.22. The van der Waals surface area contributed by atoms with Gasteiger partial charge in [0.1, 0.15) is 10.9 Å². The molecule has 0 aliphatic heterocycles. The zero-order valence-corrected chi connectivity index (χ0v) is 11.0. The van der Waals surface area contributed by atoms with Crippen molar-refractivity contribution in [1.29, 1.82) is 0 Å². The fourth-order valence-electron chi connectivity index (χ4n) is 2.31. The first-order valence-corrected chi connectivity index (χ1v) is 6.70. The first-order valence-electron chi connectivity index (χ1n) is 5.91. The minimum Gasteiger partial charge on any atom is -0.244 e. The maximum absolute atomic E-state index is 4.21. The Labute approximate surface area is 109 Å². The molecule has 0 bridgehead atoms. The van der Waals surface area contributed by atoms with Crippen molar-refractivity contribution in [3.05, 3.63) is 47.0 Å². The van der Waals surface area contributed by atoms with Crippen molar-refractivity contribution < 1.29 is 0 Å². The smallest absolute Gasteiger partial charge is 0.117 e. The number of hydrogen-bond acceptors (Lipinski definition) is 2. The van der Waals surface area contributed by atoms with Crippen LogP contribution in [-0.2, 0) is 0 Å². The summed E-state index contributed by atoms with van der Waals surface area (Å²) in [5, 5.41) is 0. The molecule has 1 saturated carbocycles. The summed E-state index contributed by atoms with van der Waals surface area (Å²) in [7, 11) is 0. The Kier molecular flexibility index (Phi) is 2.93. The fraction of sp³-hybridized carbons (Fsp3) is 0.286. The number of benzene rings is 1. The van der Waals surface area contributed by atoms with E-state index in [0.29, 0.717) is 0 Å². The zero-order chi connectivity index (χ0) is 11.7. The molecule has 0 saturated heterocycles. The van der Waals surface area contributed by atoms with Gasteiger partial charge in [0, 0.05) is 11.8 Å². The largest absolute Gasteiger partial charge is 0.244 e. The molecule has 1 fully saturated rings. The molecule has 2 aromatic rings. The molecule has 0 radical (unpaired) electrons. The zero-order valence-electron chi connectivity index (χ0n) is 9.44. The normalized spacial score (nSPS) is 15.6. The van der Waals surface area contributed by atoms with Gasteiger partial charge >= 0.3 is 0 Å². The van der Waals surface area contributed by atoms with E-state index < -0.39 is 0 Å². The van der Waals surface area contributed by atoms with E-state index in [-0.39, 0.29) is 0 Å². The first-order chi connectivity index (χ1) is 8.36. The lowest BCUT2D eigenvalue weighted by Crippen LogP contribution is -2.10. The molecule has 1 aliphatic carbocycles. The van der Waals surface area contributed by atoms with Gasteiger partial charge in [0.2, 0.25) is 0 Å². The standard InChI is InChI=1S/C14H13BrN2/c15-14-13(8-16-9-17-14)12-7-2-1-6-11(12)10-4-3-5-10/h1-2,6-10H,3-5H2. The highest BCUT2D eigenvalue weighted by Gasteiger charge is 2.22. The van der Waals surface area contributed by atoms with Gasteiger partial charge in [0.25, 0.3) is 0 Å². The predicted octanol–water partition coefficient (Wildman–Crippen LogP) is 4.17. The molecule has 1 aliphatic rings. The van der Waals surface area contributed by atoms with Crippen LogP contribution in [0.4, 0.5) is 0 Å². The highest BCUT2D eigenvalue weighted by Crippen LogP contribution is 2.41. The van der Waals surface area contributed by atoms with Gasteiger partial charge in [-0.3, -0.25) is 0 Å². The predicted molar refractivity (Wildman–Crippen MR) is 71.8 cm³/mol. The lowest BCUT2D eigenvalue weighted by atomic mass is 9.77. The molecule has 0 amide bonds. The van der Waals surface area contributed by atoms with E-state index in [0.717, 1.165) is 16.1 Å². The third-order valence-electron chi connectivity index (χ3n) is 3.46. The van der Waals surface area contributed by atoms with Crippen LogP contribution in [0, 0.1) is 0 Å². The molecule has 17 heavy (non-hydrogen) atoms. The minimum absolute atomic E-state index is 0.721. The summed E-state index contributed by atoms with van der Waals surface area (Å²) < 4.78 is 0.874. The van der Waals surface area contributed by atoms with Crippen molar-refractivity contribution in [3.8, 4) is 11.1 Å². The van der Waals surface area contributed by atoms with Crippen molar-refractivity contribution in [2.45, 2.75) is 25.2 Å². The van der Waals surface area contributed by atoms with E-state index in [4.69, 9.17) is 0 Å². The van der Waals surface area contributed by atoms with Crippen LogP contribution in [0.3, 0.4) is 0 Å². The second-order valence-corrected chi connectivity index (χ2v) is 5.19. The summed E-state index contributed by atoms with van der Waals surface area (Å²) in [6.07, 6.45) is 7.42. The van der Waals surface area contributed by atoms with Crippen molar-refractivity contribution in [2.24, 2.45) is 0 Å². The molecule has 2 nitrogen and oxygen atoms in total. The Morgan fingerprint density at radius 2 is 1.94 bits per heavy atom. The maximum Gasteiger partial charge on any atom is 0.117 e. The van der Waals surface area contributed by atoms with Crippen LogP contribution < -0.4 is 0 Å². The van der Waals surface area contributed by atoms with Gasteiger partial charge in [-0.1, -0.05) is 30.7 Å². The highest BCUT2D eigenvalue weighted by atomic mass is 79.9. The average Bonchev–Trinajstić information content (AvgIpc) is 2.29. The van der Waals surface area contributed by atoms with Gasteiger partial charge in [-0.15, -0.1) is 0 Å². The van der Waals surface area contributed by atoms with Crippen LogP contribution in [0.5, 0.6) is 0 Å². The molecule has 0 atom stereocenters. The molecule has 1 aromatic heterocycles. The Bertz CT molecular complexity index is 535. The number of aromatic nitrogens is 2. The monoisotopic (exact) mass is 288 g/mol. The molecule has 1 heterocycles. The minimum atomic E-state index is 0.721. The Morgan fingerprint density at radius 1 is 1.12 bits per heavy atom. The average molecular weight is 289 g/mol. The third-order valence-corrected chi connectivity index (χ3v) is 4.09. The maximum atomic E-state index is 4.21. The molecule has 86 valence electrons. The second kappa shape index (κ2) is 4.57. The van der Waals surface area contributed by atoms with Crippen LogP contribution >= 0.6 is 15.9 Å². The fourth-order valence-corrected chi connectivity index (χ4v) is 2.72. The van der Waals surface area contributed by atoms with E-state index in [1.54, 1.807) is 6.33 Å². The van der Waals surface area contributed by atoms with Crippen molar-refractivity contribution >= 4 is 15.9 Å². The van der Waals surface area contributed by atoms with Gasteiger partial charge in [-0.2, -0.15) is 0 Å².